The van der Waals surface area contributed by atoms with Crippen molar-refractivity contribution in [1.82, 2.24) is 9.97 Å². The lowest BCUT2D eigenvalue weighted by Gasteiger charge is -2.34. The highest BCUT2D eigenvalue weighted by molar-refractivity contribution is 7.22. The number of aryl methyl sites for hydroxylation is 1. The molecule has 0 bridgehead atoms. The van der Waals surface area contributed by atoms with E-state index < -0.39 is 0 Å². The van der Waals surface area contributed by atoms with E-state index in [4.69, 9.17) is 16.6 Å². The summed E-state index contributed by atoms with van der Waals surface area (Å²) >= 11 is 9.42. The van der Waals surface area contributed by atoms with Crippen LogP contribution in [0.25, 0.3) is 20.4 Å². The second-order valence-electron chi connectivity index (χ2n) is 6.65. The molecule has 0 amide bonds. The molecule has 0 N–H and O–H groups in total. The molecule has 0 atom stereocenters. The smallest absolute Gasteiger partial charge is 0.186 e. The third-order valence-corrected chi connectivity index (χ3v) is 7.16. The second-order valence-corrected chi connectivity index (χ2v) is 9.10. The molecule has 0 aliphatic carbocycles. The molecular formula is C19H16ClFN4S2. The quantitative estimate of drug-likeness (QED) is 0.440. The number of thiazole rings is 2. The minimum absolute atomic E-state index is 0.214. The summed E-state index contributed by atoms with van der Waals surface area (Å²) in [6.07, 6.45) is 0. The number of fused-ring (bicyclic) bond motifs is 2. The molecule has 27 heavy (non-hydrogen) atoms. The molecule has 1 aliphatic heterocycles. The van der Waals surface area contributed by atoms with E-state index in [0.717, 1.165) is 67.5 Å². The van der Waals surface area contributed by atoms with E-state index in [0.29, 0.717) is 0 Å². The van der Waals surface area contributed by atoms with Gasteiger partial charge in [-0.3, -0.25) is 0 Å². The first kappa shape index (κ1) is 17.2. The van der Waals surface area contributed by atoms with Gasteiger partial charge in [0.25, 0.3) is 0 Å². The number of rotatable bonds is 2. The van der Waals surface area contributed by atoms with Gasteiger partial charge in [-0.05, 0) is 42.8 Å². The Balaban J connectivity index is 1.35. The van der Waals surface area contributed by atoms with E-state index in [9.17, 15) is 4.39 Å². The molecule has 138 valence electrons. The van der Waals surface area contributed by atoms with Gasteiger partial charge in [-0.2, -0.15) is 0 Å². The first-order chi connectivity index (χ1) is 13.1. The summed E-state index contributed by atoms with van der Waals surface area (Å²) in [4.78, 5) is 14.1. The zero-order valence-electron chi connectivity index (χ0n) is 14.6. The van der Waals surface area contributed by atoms with Crippen LogP contribution in [-0.2, 0) is 0 Å². The van der Waals surface area contributed by atoms with Gasteiger partial charge >= 0.3 is 0 Å². The first-order valence-electron chi connectivity index (χ1n) is 8.69. The monoisotopic (exact) mass is 418 g/mol. The van der Waals surface area contributed by atoms with Gasteiger partial charge in [0, 0.05) is 31.2 Å². The molecule has 1 fully saturated rings. The summed E-state index contributed by atoms with van der Waals surface area (Å²) in [6, 6.07) is 8.71. The molecular weight excluding hydrogens is 403 g/mol. The second kappa shape index (κ2) is 6.58. The Morgan fingerprint density at radius 2 is 1.59 bits per heavy atom. The van der Waals surface area contributed by atoms with Crippen LogP contribution in [0.4, 0.5) is 14.7 Å². The van der Waals surface area contributed by atoms with Crippen molar-refractivity contribution < 1.29 is 4.39 Å². The Kier molecular flexibility index (Phi) is 4.18. The average Bonchev–Trinajstić information content (AvgIpc) is 3.25. The van der Waals surface area contributed by atoms with Crippen LogP contribution < -0.4 is 9.80 Å². The number of halogens is 2. The lowest BCUT2D eigenvalue weighted by atomic mass is 10.2. The fourth-order valence-electron chi connectivity index (χ4n) is 3.39. The molecule has 4 aromatic rings. The van der Waals surface area contributed by atoms with Crippen molar-refractivity contribution >= 4 is 65.0 Å². The third-order valence-electron chi connectivity index (χ3n) is 4.80. The van der Waals surface area contributed by atoms with Crippen molar-refractivity contribution in [3.05, 3.63) is 46.7 Å². The van der Waals surface area contributed by atoms with Crippen molar-refractivity contribution in [2.75, 3.05) is 36.0 Å². The van der Waals surface area contributed by atoms with E-state index in [-0.39, 0.29) is 5.82 Å². The molecule has 0 spiro atoms. The van der Waals surface area contributed by atoms with Gasteiger partial charge in [-0.15, -0.1) is 0 Å². The Bertz CT molecular complexity index is 1150. The molecule has 2 aromatic heterocycles. The summed E-state index contributed by atoms with van der Waals surface area (Å²) in [6.45, 7) is 5.56. The SMILES string of the molecule is Cc1cc(Cl)cc2sc(N3CCN(c4nc5ccc(F)cc5s4)CC3)nc12. The molecule has 0 radical (unpaired) electrons. The van der Waals surface area contributed by atoms with Crippen LogP contribution in [0, 0.1) is 12.7 Å². The van der Waals surface area contributed by atoms with Gasteiger partial charge in [-0.25, -0.2) is 14.4 Å². The maximum absolute atomic E-state index is 13.4. The van der Waals surface area contributed by atoms with E-state index in [1.54, 1.807) is 34.8 Å². The Labute approximate surface area is 168 Å². The lowest BCUT2D eigenvalue weighted by Crippen LogP contribution is -2.46. The highest BCUT2D eigenvalue weighted by Crippen LogP contribution is 2.34. The van der Waals surface area contributed by atoms with Gasteiger partial charge < -0.3 is 9.80 Å². The highest BCUT2D eigenvalue weighted by Gasteiger charge is 2.22. The van der Waals surface area contributed by atoms with Crippen molar-refractivity contribution in [3.63, 3.8) is 0 Å². The van der Waals surface area contributed by atoms with Crippen LogP contribution in [0.1, 0.15) is 5.56 Å². The molecule has 4 nitrogen and oxygen atoms in total. The normalized spacial score (nSPS) is 15.2. The van der Waals surface area contributed by atoms with E-state index >= 15 is 0 Å². The lowest BCUT2D eigenvalue weighted by molar-refractivity contribution is 0.630. The fraction of sp³-hybridized carbons (Fsp3) is 0.263. The van der Waals surface area contributed by atoms with Crippen LogP contribution in [0.3, 0.4) is 0 Å². The van der Waals surface area contributed by atoms with Crippen LogP contribution >= 0.6 is 34.3 Å². The zero-order chi connectivity index (χ0) is 18.5. The summed E-state index contributed by atoms with van der Waals surface area (Å²) in [7, 11) is 0. The number of nitrogens with zero attached hydrogens (tertiary/aromatic N) is 4. The molecule has 3 heterocycles. The van der Waals surface area contributed by atoms with Crippen molar-refractivity contribution in [2.45, 2.75) is 6.92 Å². The largest absolute Gasteiger partial charge is 0.345 e. The number of hydrogen-bond donors (Lipinski definition) is 0. The van der Waals surface area contributed by atoms with Gasteiger partial charge in [0.15, 0.2) is 10.3 Å². The maximum atomic E-state index is 13.4. The summed E-state index contributed by atoms with van der Waals surface area (Å²) in [5.41, 5.74) is 3.01. The number of aromatic nitrogens is 2. The number of piperazine rings is 1. The molecule has 1 saturated heterocycles. The third kappa shape index (κ3) is 3.13. The van der Waals surface area contributed by atoms with E-state index in [2.05, 4.69) is 14.8 Å². The van der Waals surface area contributed by atoms with Crippen LogP contribution in [0.2, 0.25) is 5.02 Å². The van der Waals surface area contributed by atoms with Crippen molar-refractivity contribution in [3.8, 4) is 0 Å². The predicted octanol–water partition coefficient (Wildman–Crippen LogP) is 5.33. The topological polar surface area (TPSA) is 32.3 Å². The van der Waals surface area contributed by atoms with Gasteiger partial charge in [0.2, 0.25) is 0 Å². The molecule has 1 aliphatic rings. The average molecular weight is 419 g/mol. The van der Waals surface area contributed by atoms with Crippen molar-refractivity contribution in [2.24, 2.45) is 0 Å². The molecule has 8 heteroatoms. The molecule has 0 saturated carbocycles. The number of hydrogen-bond acceptors (Lipinski definition) is 6. The standard InChI is InChI=1S/C19H16ClFN4S2/c1-11-8-12(20)9-16-17(11)23-19(27-16)25-6-4-24(5-7-25)18-22-14-3-2-13(21)10-15(14)26-18/h2-3,8-10H,4-7H2,1H3. The van der Waals surface area contributed by atoms with Gasteiger partial charge in [0.05, 0.1) is 20.4 Å². The summed E-state index contributed by atoms with van der Waals surface area (Å²) < 4.78 is 15.4. The Hall–Kier alpha value is -1.96. The Morgan fingerprint density at radius 3 is 2.33 bits per heavy atom. The maximum Gasteiger partial charge on any atom is 0.186 e. The summed E-state index contributed by atoms with van der Waals surface area (Å²) in [5.74, 6) is -0.214. The van der Waals surface area contributed by atoms with Gasteiger partial charge in [0.1, 0.15) is 5.82 Å². The van der Waals surface area contributed by atoms with E-state index in [1.807, 2.05) is 19.1 Å². The van der Waals surface area contributed by atoms with Crippen LogP contribution in [0.5, 0.6) is 0 Å². The minimum atomic E-state index is -0.214. The van der Waals surface area contributed by atoms with Crippen LogP contribution in [-0.4, -0.2) is 36.1 Å². The molecule has 5 rings (SSSR count). The van der Waals surface area contributed by atoms with Crippen molar-refractivity contribution in [1.29, 1.82) is 0 Å². The minimum Gasteiger partial charge on any atom is -0.345 e. The number of benzene rings is 2. The van der Waals surface area contributed by atoms with E-state index in [1.165, 1.54) is 6.07 Å². The fourth-order valence-corrected chi connectivity index (χ4v) is 5.90. The predicted molar refractivity (Wildman–Crippen MR) is 113 cm³/mol. The molecule has 2 aromatic carbocycles. The molecule has 0 unspecified atom stereocenters. The Morgan fingerprint density at radius 1 is 0.926 bits per heavy atom. The highest BCUT2D eigenvalue weighted by atomic mass is 35.5. The number of anilines is 2. The first-order valence-corrected chi connectivity index (χ1v) is 10.7. The van der Waals surface area contributed by atoms with Gasteiger partial charge in [-0.1, -0.05) is 34.3 Å². The summed E-state index contributed by atoms with van der Waals surface area (Å²) in [5, 5.41) is 2.76. The van der Waals surface area contributed by atoms with Crippen LogP contribution in [0.15, 0.2) is 30.3 Å². The zero-order valence-corrected chi connectivity index (χ0v) is 17.0.